The zero-order chi connectivity index (χ0) is 32.5. The van der Waals surface area contributed by atoms with Crippen molar-refractivity contribution in [2.45, 2.75) is 37.3 Å². The maximum absolute atomic E-state index is 15.2. The third-order valence-electron chi connectivity index (χ3n) is 7.69. The molecule has 5 rings (SSSR count). The summed E-state index contributed by atoms with van der Waals surface area (Å²) >= 11 is 0. The largest absolute Gasteiger partial charge is 0.504 e. The molecule has 2 aromatic carbocycles. The molecule has 2 saturated heterocycles. The number of benzene rings is 2. The number of halogens is 1. The average Bonchev–Trinajstić information content (AvgIpc) is 3.30. The lowest BCUT2D eigenvalue weighted by Gasteiger charge is -2.44. The lowest BCUT2D eigenvalue weighted by Crippen LogP contribution is -2.79. The van der Waals surface area contributed by atoms with E-state index in [1.807, 2.05) is 0 Å². The maximum atomic E-state index is 15.2. The molecule has 2 aromatic rings. The fourth-order valence-electron chi connectivity index (χ4n) is 5.22. The fourth-order valence-corrected chi connectivity index (χ4v) is 5.22. The van der Waals surface area contributed by atoms with Crippen molar-refractivity contribution in [3.05, 3.63) is 28.1 Å². The van der Waals surface area contributed by atoms with Crippen LogP contribution in [-0.2, 0) is 34.0 Å². The van der Waals surface area contributed by atoms with Crippen molar-refractivity contribution in [2.24, 2.45) is 0 Å². The minimum absolute atomic E-state index is 0.161. The second-order valence-electron chi connectivity index (χ2n) is 10.3. The van der Waals surface area contributed by atoms with Crippen LogP contribution in [-0.4, -0.2) is 123 Å². The zero-order valence-corrected chi connectivity index (χ0v) is 22.3. The van der Waals surface area contributed by atoms with Gasteiger partial charge < -0.3 is 65.4 Å². The van der Waals surface area contributed by atoms with Gasteiger partial charge in [-0.05, 0) is 0 Å². The summed E-state index contributed by atoms with van der Waals surface area (Å²) in [5, 5.41) is 105. The van der Waals surface area contributed by atoms with Gasteiger partial charge in [0.1, 0.15) is 6.61 Å². The van der Waals surface area contributed by atoms with Gasteiger partial charge in [0.25, 0.3) is 23.5 Å². The second kappa shape index (κ2) is 10.5. The number of hydrogen-bond donors (Lipinski definition) is 11. The molecule has 2 fully saturated rings. The molecule has 18 nitrogen and oxygen atoms in total. The fraction of sp³-hybridized carbons (Fsp3) is 0.400. The summed E-state index contributed by atoms with van der Waals surface area (Å²) in [4.78, 5) is 39.5. The van der Waals surface area contributed by atoms with Crippen LogP contribution in [0.15, 0.2) is 0 Å². The van der Waals surface area contributed by atoms with Crippen molar-refractivity contribution in [1.82, 2.24) is 15.1 Å². The molecule has 0 bridgehead atoms. The Morgan fingerprint density at radius 3 is 2.11 bits per heavy atom. The molecular formula is C25H26FN3O15. The number of ether oxygens (including phenoxy) is 2. The molecular weight excluding hydrogens is 601 g/mol. The number of rotatable bonds is 6. The number of piperidine rings is 1. The van der Waals surface area contributed by atoms with Crippen LogP contribution in [0.5, 0.6) is 40.2 Å². The average molecular weight is 627 g/mol. The van der Waals surface area contributed by atoms with Crippen LogP contribution < -0.4 is 10.1 Å². The molecule has 3 heterocycles. The number of phenolic OH excluding ortho intramolecular Hbond substituents is 6. The molecule has 44 heavy (non-hydrogen) atoms. The third-order valence-corrected chi connectivity index (χ3v) is 7.69. The van der Waals surface area contributed by atoms with Crippen LogP contribution in [0.3, 0.4) is 0 Å². The molecule has 0 aliphatic carbocycles. The first kappa shape index (κ1) is 30.8. The van der Waals surface area contributed by atoms with Gasteiger partial charge >= 0.3 is 5.79 Å². The molecule has 3 aliphatic heterocycles. The number of nitrogens with zero attached hydrogens (tertiary/aromatic N) is 2. The van der Waals surface area contributed by atoms with Crippen molar-refractivity contribution in [3.63, 3.8) is 0 Å². The number of carbonyl (C=O) groups excluding carboxylic acids is 3. The molecule has 1 atom stereocenters. The monoisotopic (exact) mass is 627 g/mol. The van der Waals surface area contributed by atoms with Crippen LogP contribution in [0.25, 0.3) is 0 Å². The van der Waals surface area contributed by atoms with Gasteiger partial charge in [-0.15, -0.1) is 0 Å². The van der Waals surface area contributed by atoms with E-state index in [4.69, 9.17) is 9.47 Å². The Kier molecular flexibility index (Phi) is 7.35. The number of morpholine rings is 1. The number of hydrogen-bond acceptors (Lipinski definition) is 16. The highest BCUT2D eigenvalue weighted by molar-refractivity contribution is 6.10. The molecule has 3 aliphatic rings. The van der Waals surface area contributed by atoms with Crippen LogP contribution >= 0.6 is 0 Å². The number of carbonyl (C=O) groups is 3. The van der Waals surface area contributed by atoms with Crippen molar-refractivity contribution >= 4 is 17.7 Å². The van der Waals surface area contributed by atoms with Gasteiger partial charge in [-0.2, -0.15) is 0 Å². The Labute approximate surface area is 244 Å². The number of nitrogens with one attached hydrogen (secondary N) is 1. The topological polar surface area (TPSA) is 290 Å². The van der Waals surface area contributed by atoms with E-state index >= 15 is 4.39 Å². The quantitative estimate of drug-likeness (QED) is 0.0651. The van der Waals surface area contributed by atoms with E-state index in [1.165, 1.54) is 5.32 Å². The third kappa shape index (κ3) is 4.44. The van der Waals surface area contributed by atoms with Gasteiger partial charge in [-0.3, -0.25) is 24.6 Å². The minimum Gasteiger partial charge on any atom is -0.504 e. The number of aliphatic hydroxyl groups is 4. The van der Waals surface area contributed by atoms with Crippen molar-refractivity contribution in [3.8, 4) is 40.2 Å². The van der Waals surface area contributed by atoms with E-state index in [0.717, 1.165) is 0 Å². The summed E-state index contributed by atoms with van der Waals surface area (Å²) < 4.78 is 25.8. The lowest BCUT2D eigenvalue weighted by atomic mass is 9.90. The first-order valence-corrected chi connectivity index (χ1v) is 12.7. The SMILES string of the molecule is O=C1NC(=O)C(O)(O)C(O)(O)C1N1Cc2c(OCc3c(O)c(O)c(CN4CCOCC4)c(O)c3F)c(O)c(O)c(O)c2C1=O. The van der Waals surface area contributed by atoms with Crippen LogP contribution in [0.2, 0.25) is 0 Å². The summed E-state index contributed by atoms with van der Waals surface area (Å²) in [5.41, 5.74) is -2.62. The number of amides is 3. The molecule has 0 spiro atoms. The van der Waals surface area contributed by atoms with E-state index in [1.54, 1.807) is 4.90 Å². The highest BCUT2D eigenvalue weighted by Gasteiger charge is 2.67. The van der Waals surface area contributed by atoms with Gasteiger partial charge in [0.15, 0.2) is 40.6 Å². The Balaban J connectivity index is 1.49. The Morgan fingerprint density at radius 1 is 0.864 bits per heavy atom. The van der Waals surface area contributed by atoms with Crippen molar-refractivity contribution in [2.75, 3.05) is 26.3 Å². The summed E-state index contributed by atoms with van der Waals surface area (Å²) in [6, 6.07) is -2.62. The molecule has 1 unspecified atom stereocenters. The van der Waals surface area contributed by atoms with Gasteiger partial charge in [-0.25, -0.2) is 4.39 Å². The number of imide groups is 1. The van der Waals surface area contributed by atoms with Crippen molar-refractivity contribution < 1.29 is 79.3 Å². The smallest absolute Gasteiger partial charge is 0.303 e. The Morgan fingerprint density at radius 2 is 1.48 bits per heavy atom. The summed E-state index contributed by atoms with van der Waals surface area (Å²) in [6.07, 6.45) is 0. The predicted molar refractivity (Wildman–Crippen MR) is 134 cm³/mol. The number of fused-ring (bicyclic) bond motifs is 1. The molecule has 238 valence electrons. The van der Waals surface area contributed by atoms with Crippen LogP contribution in [0.1, 0.15) is 27.0 Å². The van der Waals surface area contributed by atoms with E-state index in [-0.39, 0.29) is 17.0 Å². The second-order valence-corrected chi connectivity index (χ2v) is 10.3. The number of aromatic hydroxyl groups is 6. The summed E-state index contributed by atoms with van der Waals surface area (Å²) in [5.74, 6) is -22.2. The molecule has 0 saturated carbocycles. The van der Waals surface area contributed by atoms with Gasteiger partial charge in [0, 0.05) is 25.2 Å². The maximum Gasteiger partial charge on any atom is 0.303 e. The van der Waals surface area contributed by atoms with E-state index in [2.05, 4.69) is 0 Å². The minimum atomic E-state index is -4.02. The first-order chi connectivity index (χ1) is 20.5. The van der Waals surface area contributed by atoms with Crippen LogP contribution in [0, 0.1) is 5.82 Å². The van der Waals surface area contributed by atoms with E-state index < -0.39 is 111 Å². The highest BCUT2D eigenvalue weighted by Crippen LogP contribution is 2.52. The first-order valence-electron chi connectivity index (χ1n) is 12.7. The van der Waals surface area contributed by atoms with Crippen LogP contribution in [0.4, 0.5) is 4.39 Å². The highest BCUT2D eigenvalue weighted by atomic mass is 19.1. The Bertz CT molecular complexity index is 1560. The summed E-state index contributed by atoms with van der Waals surface area (Å²) in [6.45, 7) is -0.756. The lowest BCUT2D eigenvalue weighted by molar-refractivity contribution is -0.355. The molecule has 11 N–H and O–H groups in total. The molecule has 19 heteroatoms. The Hall–Kier alpha value is -4.66. The normalized spacial score (nSPS) is 21.3. The standard InChI is InChI=1S/C25H26FN3O15/c26-12-10(15(32)14(31)9(13(12)30)5-28-1-3-43-4-2-28)7-44-19-8-6-29(22(37)11(8)16(33)17(34)18(19)35)20-21(36)27-23(38)25(41,42)24(20,39)40/h20,30-35,39-42H,1-7H2,(H,27,36,38). The predicted octanol–water partition coefficient (Wildman–Crippen LogP) is -3.19. The van der Waals surface area contributed by atoms with Crippen molar-refractivity contribution in [1.29, 1.82) is 0 Å². The number of phenols is 6. The van der Waals surface area contributed by atoms with E-state index in [0.29, 0.717) is 26.3 Å². The van der Waals surface area contributed by atoms with Gasteiger partial charge in [0.2, 0.25) is 11.5 Å². The van der Waals surface area contributed by atoms with Gasteiger partial charge in [-0.1, -0.05) is 0 Å². The molecule has 0 aromatic heterocycles. The zero-order valence-electron chi connectivity index (χ0n) is 22.3. The summed E-state index contributed by atoms with van der Waals surface area (Å²) in [7, 11) is 0. The van der Waals surface area contributed by atoms with E-state index in [9.17, 15) is 65.4 Å². The molecule has 3 amide bonds. The molecule has 0 radical (unpaired) electrons. The van der Waals surface area contributed by atoms with Gasteiger partial charge in [0.05, 0.1) is 36.4 Å².